The molecule has 2 aliphatic heterocycles. The molecule has 0 unspecified atom stereocenters. The maximum Gasteiger partial charge on any atom is 0.316 e. The van der Waals surface area contributed by atoms with Crippen molar-refractivity contribution in [1.82, 2.24) is 0 Å². The fraction of sp³-hybridized carbons (Fsp3) is 0.562. The molecule has 0 spiro atoms. The number of esters is 1. The minimum absolute atomic E-state index is 0.157. The van der Waals surface area contributed by atoms with Gasteiger partial charge in [0.15, 0.2) is 23.0 Å². The van der Waals surface area contributed by atoms with Crippen LogP contribution in [0.25, 0.3) is 0 Å². The molecular formula is C16H20O6S. The smallest absolute Gasteiger partial charge is 0.316 e. The molecule has 0 atom stereocenters. The van der Waals surface area contributed by atoms with Crippen molar-refractivity contribution in [3.63, 3.8) is 0 Å². The lowest BCUT2D eigenvalue weighted by molar-refractivity contribution is -0.139. The van der Waals surface area contributed by atoms with Crippen molar-refractivity contribution < 1.29 is 28.5 Å². The Labute approximate surface area is 139 Å². The molecule has 0 aromatic heterocycles. The molecule has 0 bridgehead atoms. The molecule has 0 amide bonds. The summed E-state index contributed by atoms with van der Waals surface area (Å²) in [5.74, 6) is 0.638. The standard InChI is InChI=1S/C16H20O6S/c1-6-18-11(17)8-23-14-12-9(19-15(2,3)21-12)7-10-13(14)22-16(4,5)20-10/h7H,6,8H2,1-5H3. The molecule has 2 aliphatic rings. The first-order valence-electron chi connectivity index (χ1n) is 7.46. The van der Waals surface area contributed by atoms with E-state index in [2.05, 4.69) is 0 Å². The zero-order valence-electron chi connectivity index (χ0n) is 13.8. The van der Waals surface area contributed by atoms with E-state index in [0.29, 0.717) is 34.5 Å². The fourth-order valence-electron chi connectivity index (χ4n) is 2.45. The molecule has 23 heavy (non-hydrogen) atoms. The van der Waals surface area contributed by atoms with Crippen LogP contribution in [0.3, 0.4) is 0 Å². The molecule has 1 aromatic carbocycles. The number of carbonyl (C=O) groups excluding carboxylic acids is 1. The summed E-state index contributed by atoms with van der Waals surface area (Å²) in [5, 5.41) is 0. The second kappa shape index (κ2) is 5.40. The predicted molar refractivity (Wildman–Crippen MR) is 84.5 cm³/mol. The molecule has 0 N–H and O–H groups in total. The lowest BCUT2D eigenvalue weighted by atomic mass is 10.3. The first-order chi connectivity index (χ1) is 10.7. The number of rotatable bonds is 4. The Morgan fingerprint density at radius 2 is 1.57 bits per heavy atom. The maximum absolute atomic E-state index is 11.7. The highest BCUT2D eigenvalue weighted by molar-refractivity contribution is 8.00. The van der Waals surface area contributed by atoms with Gasteiger partial charge in [-0.1, -0.05) is 0 Å². The second-order valence-corrected chi connectivity index (χ2v) is 7.15. The van der Waals surface area contributed by atoms with Crippen LogP contribution >= 0.6 is 11.8 Å². The number of hydrogen-bond acceptors (Lipinski definition) is 7. The van der Waals surface area contributed by atoms with Crippen molar-refractivity contribution in [3.8, 4) is 23.0 Å². The van der Waals surface area contributed by atoms with Gasteiger partial charge in [0, 0.05) is 33.8 Å². The summed E-state index contributed by atoms with van der Waals surface area (Å²) in [6.07, 6.45) is 0. The van der Waals surface area contributed by atoms with E-state index in [-0.39, 0.29) is 11.7 Å². The molecule has 2 heterocycles. The van der Waals surface area contributed by atoms with Crippen molar-refractivity contribution in [1.29, 1.82) is 0 Å². The number of carbonyl (C=O) groups is 1. The average molecular weight is 340 g/mol. The van der Waals surface area contributed by atoms with Crippen molar-refractivity contribution in [3.05, 3.63) is 6.07 Å². The van der Waals surface area contributed by atoms with E-state index >= 15 is 0 Å². The highest BCUT2D eigenvalue weighted by Gasteiger charge is 2.42. The topological polar surface area (TPSA) is 63.2 Å². The maximum atomic E-state index is 11.7. The lowest BCUT2D eigenvalue weighted by Crippen LogP contribution is -2.30. The van der Waals surface area contributed by atoms with Crippen LogP contribution < -0.4 is 18.9 Å². The minimum Gasteiger partial charge on any atom is -0.465 e. The highest BCUT2D eigenvalue weighted by atomic mass is 32.2. The van der Waals surface area contributed by atoms with E-state index in [9.17, 15) is 4.79 Å². The van der Waals surface area contributed by atoms with E-state index in [4.69, 9.17) is 23.7 Å². The molecule has 126 valence electrons. The van der Waals surface area contributed by atoms with Gasteiger partial charge in [-0.05, 0) is 6.92 Å². The van der Waals surface area contributed by atoms with Gasteiger partial charge in [-0.2, -0.15) is 0 Å². The van der Waals surface area contributed by atoms with Gasteiger partial charge in [-0.25, -0.2) is 0 Å². The van der Waals surface area contributed by atoms with Crippen LogP contribution in [0.1, 0.15) is 34.6 Å². The van der Waals surface area contributed by atoms with Gasteiger partial charge in [0.25, 0.3) is 0 Å². The molecule has 0 fully saturated rings. The summed E-state index contributed by atoms with van der Waals surface area (Å²) in [6, 6.07) is 1.77. The third-order valence-corrected chi connectivity index (χ3v) is 4.21. The van der Waals surface area contributed by atoms with Crippen molar-refractivity contribution in [2.45, 2.75) is 51.1 Å². The molecule has 0 saturated heterocycles. The summed E-state index contributed by atoms with van der Waals surface area (Å²) in [4.78, 5) is 12.4. The quantitative estimate of drug-likeness (QED) is 0.615. The van der Waals surface area contributed by atoms with Crippen LogP contribution in [0.5, 0.6) is 23.0 Å². The van der Waals surface area contributed by atoms with Gasteiger partial charge >= 0.3 is 5.97 Å². The van der Waals surface area contributed by atoms with Gasteiger partial charge in [-0.3, -0.25) is 4.79 Å². The largest absolute Gasteiger partial charge is 0.465 e. The van der Waals surface area contributed by atoms with E-state index in [1.54, 1.807) is 13.0 Å². The molecule has 6 nitrogen and oxygen atoms in total. The Balaban J connectivity index is 1.95. The third kappa shape index (κ3) is 3.15. The summed E-state index contributed by atoms with van der Waals surface area (Å²) in [5.41, 5.74) is 0. The van der Waals surface area contributed by atoms with Crippen molar-refractivity contribution >= 4 is 17.7 Å². The monoisotopic (exact) mass is 340 g/mol. The molecule has 0 radical (unpaired) electrons. The number of fused-ring (bicyclic) bond motifs is 2. The van der Waals surface area contributed by atoms with Gasteiger partial charge in [0.2, 0.25) is 11.6 Å². The average Bonchev–Trinajstić information content (AvgIpc) is 2.87. The van der Waals surface area contributed by atoms with Crippen LogP contribution in [0.4, 0.5) is 0 Å². The van der Waals surface area contributed by atoms with Crippen LogP contribution in [0.15, 0.2) is 11.0 Å². The van der Waals surface area contributed by atoms with Crippen molar-refractivity contribution in [2.24, 2.45) is 0 Å². The zero-order chi connectivity index (χ0) is 16.8. The molecule has 0 saturated carbocycles. The van der Waals surface area contributed by atoms with Gasteiger partial charge in [0.05, 0.1) is 12.4 Å². The van der Waals surface area contributed by atoms with Gasteiger partial charge in [-0.15, -0.1) is 11.8 Å². The van der Waals surface area contributed by atoms with E-state index < -0.39 is 11.6 Å². The third-order valence-electron chi connectivity index (χ3n) is 3.17. The van der Waals surface area contributed by atoms with Gasteiger partial charge in [0.1, 0.15) is 4.90 Å². The Hall–Kier alpha value is -1.76. The Morgan fingerprint density at radius 1 is 1.04 bits per heavy atom. The molecule has 3 rings (SSSR count). The summed E-state index contributed by atoms with van der Waals surface area (Å²) < 4.78 is 28.3. The Kier molecular flexibility index (Phi) is 3.78. The Bertz CT molecular complexity index is 610. The van der Waals surface area contributed by atoms with Crippen LogP contribution in [-0.2, 0) is 9.53 Å². The molecular weight excluding hydrogens is 320 g/mol. The fourth-order valence-corrected chi connectivity index (χ4v) is 3.34. The summed E-state index contributed by atoms with van der Waals surface area (Å²) >= 11 is 1.30. The molecule has 0 aliphatic carbocycles. The lowest BCUT2D eigenvalue weighted by Gasteiger charge is -2.18. The normalized spacial score (nSPS) is 18.8. The molecule has 7 heteroatoms. The zero-order valence-corrected chi connectivity index (χ0v) is 14.7. The summed E-state index contributed by atoms with van der Waals surface area (Å²) in [7, 11) is 0. The number of thioether (sulfide) groups is 1. The predicted octanol–water partition coefficient (Wildman–Crippen LogP) is 3.36. The number of benzene rings is 1. The SMILES string of the molecule is CCOC(=O)CSc1c2c(cc3c1OC(C)(C)O3)OC(C)(C)O2. The molecule has 1 aromatic rings. The first-order valence-corrected chi connectivity index (χ1v) is 8.45. The van der Waals surface area contributed by atoms with Crippen LogP contribution in [-0.4, -0.2) is 29.9 Å². The van der Waals surface area contributed by atoms with Crippen LogP contribution in [0.2, 0.25) is 0 Å². The van der Waals surface area contributed by atoms with Crippen LogP contribution in [0, 0.1) is 0 Å². The minimum atomic E-state index is -0.772. The van der Waals surface area contributed by atoms with E-state index in [1.807, 2.05) is 27.7 Å². The van der Waals surface area contributed by atoms with E-state index in [1.165, 1.54) is 11.8 Å². The van der Waals surface area contributed by atoms with E-state index in [0.717, 1.165) is 0 Å². The first kappa shape index (κ1) is 16.1. The number of hydrogen-bond donors (Lipinski definition) is 0. The van der Waals surface area contributed by atoms with Gasteiger partial charge < -0.3 is 23.7 Å². The highest BCUT2D eigenvalue weighted by Crippen LogP contribution is 2.57. The summed E-state index contributed by atoms with van der Waals surface area (Å²) in [6.45, 7) is 9.42. The number of ether oxygens (including phenoxy) is 5. The van der Waals surface area contributed by atoms with Crippen molar-refractivity contribution in [2.75, 3.05) is 12.4 Å². The Morgan fingerprint density at radius 3 is 2.04 bits per heavy atom. The second-order valence-electron chi connectivity index (χ2n) is 6.16.